The molecule has 4 aromatic rings. The summed E-state index contributed by atoms with van der Waals surface area (Å²) < 4.78 is 0. The van der Waals surface area contributed by atoms with Crippen LogP contribution in [0.4, 0.5) is 0 Å². The van der Waals surface area contributed by atoms with Crippen LogP contribution in [0, 0.1) is 13.8 Å². The van der Waals surface area contributed by atoms with Gasteiger partial charge in [0.05, 0.1) is 11.2 Å². The van der Waals surface area contributed by atoms with Gasteiger partial charge in [-0.2, -0.15) is 0 Å². The summed E-state index contributed by atoms with van der Waals surface area (Å²) in [6.45, 7) is 6.11. The number of aromatic nitrogens is 2. The van der Waals surface area contributed by atoms with Crippen molar-refractivity contribution >= 4 is 16.7 Å². The second-order valence-electron chi connectivity index (χ2n) is 7.47. The normalized spacial score (nSPS) is 11.0. The van der Waals surface area contributed by atoms with E-state index in [4.69, 9.17) is 4.98 Å². The molecule has 144 valence electrons. The highest BCUT2D eigenvalue weighted by molar-refractivity contribution is 6.09. The number of pyridine rings is 2. The molecule has 0 radical (unpaired) electrons. The molecule has 29 heavy (non-hydrogen) atoms. The summed E-state index contributed by atoms with van der Waals surface area (Å²) in [7, 11) is 0. The summed E-state index contributed by atoms with van der Waals surface area (Å²) >= 11 is 0. The van der Waals surface area contributed by atoms with Gasteiger partial charge in [-0.05, 0) is 43.0 Å². The zero-order valence-electron chi connectivity index (χ0n) is 17.1. The molecule has 2 aromatic heterocycles. The van der Waals surface area contributed by atoms with E-state index in [-0.39, 0.29) is 5.78 Å². The average Bonchev–Trinajstić information content (AvgIpc) is 2.74. The molecular weight excluding hydrogens is 356 g/mol. The van der Waals surface area contributed by atoms with Crippen LogP contribution in [0.1, 0.15) is 41.3 Å². The molecule has 0 fully saturated rings. The molecule has 0 unspecified atom stereocenters. The van der Waals surface area contributed by atoms with Crippen molar-refractivity contribution in [3.8, 4) is 22.4 Å². The number of hydrogen-bond acceptors (Lipinski definition) is 3. The van der Waals surface area contributed by atoms with Gasteiger partial charge in [-0.15, -0.1) is 0 Å². The van der Waals surface area contributed by atoms with Gasteiger partial charge >= 0.3 is 0 Å². The Morgan fingerprint density at radius 3 is 2.14 bits per heavy atom. The SMILES string of the molecule is CCCC(=O)c1c(C)c(-c2ccc(-c3ccc(C)cc3)cc2)nc2ccncc12. The lowest BCUT2D eigenvalue weighted by Crippen LogP contribution is -2.06. The molecule has 0 saturated carbocycles. The van der Waals surface area contributed by atoms with Gasteiger partial charge in [0.25, 0.3) is 0 Å². The molecule has 0 N–H and O–H groups in total. The number of rotatable bonds is 5. The maximum absolute atomic E-state index is 12.9. The number of hydrogen-bond donors (Lipinski definition) is 0. The van der Waals surface area contributed by atoms with E-state index in [1.54, 1.807) is 12.4 Å². The third-order valence-corrected chi connectivity index (χ3v) is 5.33. The van der Waals surface area contributed by atoms with Gasteiger partial charge in [0.1, 0.15) is 0 Å². The average molecular weight is 380 g/mol. The van der Waals surface area contributed by atoms with Crippen LogP contribution in [0.3, 0.4) is 0 Å². The van der Waals surface area contributed by atoms with E-state index in [0.717, 1.165) is 39.7 Å². The zero-order valence-corrected chi connectivity index (χ0v) is 17.1. The van der Waals surface area contributed by atoms with Crippen LogP contribution in [0.25, 0.3) is 33.3 Å². The Labute approximate surface area is 171 Å². The van der Waals surface area contributed by atoms with Crippen molar-refractivity contribution in [3.63, 3.8) is 0 Å². The quantitative estimate of drug-likeness (QED) is 0.368. The number of Topliss-reactive ketones (excluding diaryl/α,β-unsaturated/α-hetero) is 1. The number of aryl methyl sites for hydroxylation is 1. The molecule has 0 aliphatic rings. The van der Waals surface area contributed by atoms with Crippen molar-refractivity contribution in [3.05, 3.63) is 83.7 Å². The van der Waals surface area contributed by atoms with Crippen LogP contribution < -0.4 is 0 Å². The summed E-state index contributed by atoms with van der Waals surface area (Å²) in [5, 5.41) is 0.837. The largest absolute Gasteiger partial charge is 0.294 e. The van der Waals surface area contributed by atoms with Gasteiger partial charge in [-0.25, -0.2) is 4.98 Å². The molecule has 4 rings (SSSR count). The Morgan fingerprint density at radius 2 is 1.48 bits per heavy atom. The predicted octanol–water partition coefficient (Wildman–Crippen LogP) is 6.56. The zero-order chi connectivity index (χ0) is 20.4. The summed E-state index contributed by atoms with van der Waals surface area (Å²) in [6.07, 6.45) is 4.83. The molecule has 3 heteroatoms. The third kappa shape index (κ3) is 3.68. The van der Waals surface area contributed by atoms with Crippen LogP contribution in [0.5, 0.6) is 0 Å². The standard InChI is InChI=1S/C26H24N2O/c1-4-5-24(29)25-18(3)26(28-23-14-15-27-16-22(23)25)21-12-10-20(11-13-21)19-8-6-17(2)7-9-19/h6-16H,4-5H2,1-3H3. The molecule has 0 atom stereocenters. The fourth-order valence-corrected chi connectivity index (χ4v) is 3.76. The molecule has 0 bridgehead atoms. The first-order valence-corrected chi connectivity index (χ1v) is 10.0. The van der Waals surface area contributed by atoms with E-state index < -0.39 is 0 Å². The first kappa shape index (κ1) is 19.0. The van der Waals surface area contributed by atoms with E-state index in [2.05, 4.69) is 60.4 Å². The highest BCUT2D eigenvalue weighted by atomic mass is 16.1. The van der Waals surface area contributed by atoms with E-state index in [1.165, 1.54) is 16.7 Å². The monoisotopic (exact) mass is 380 g/mol. The van der Waals surface area contributed by atoms with Crippen molar-refractivity contribution < 1.29 is 4.79 Å². The minimum atomic E-state index is 0.155. The topological polar surface area (TPSA) is 42.9 Å². The van der Waals surface area contributed by atoms with Crippen molar-refractivity contribution in [1.29, 1.82) is 0 Å². The second-order valence-corrected chi connectivity index (χ2v) is 7.47. The van der Waals surface area contributed by atoms with Gasteiger partial charge in [0.15, 0.2) is 5.78 Å². The van der Waals surface area contributed by atoms with Crippen LogP contribution in [-0.4, -0.2) is 15.8 Å². The van der Waals surface area contributed by atoms with Gasteiger partial charge in [-0.3, -0.25) is 9.78 Å². The highest BCUT2D eigenvalue weighted by Gasteiger charge is 2.18. The van der Waals surface area contributed by atoms with Gasteiger partial charge in [0, 0.05) is 35.3 Å². The minimum Gasteiger partial charge on any atom is -0.294 e. The molecular formula is C26H24N2O. The second kappa shape index (κ2) is 7.96. The van der Waals surface area contributed by atoms with E-state index in [9.17, 15) is 4.79 Å². The molecule has 3 nitrogen and oxygen atoms in total. The summed E-state index contributed by atoms with van der Waals surface area (Å²) in [6, 6.07) is 18.8. The molecule has 0 aliphatic carbocycles. The third-order valence-electron chi connectivity index (χ3n) is 5.33. The summed E-state index contributed by atoms with van der Waals surface area (Å²) in [4.78, 5) is 22.0. The summed E-state index contributed by atoms with van der Waals surface area (Å²) in [5.74, 6) is 0.155. The molecule has 0 saturated heterocycles. The maximum Gasteiger partial charge on any atom is 0.163 e. The molecule has 0 amide bonds. The Morgan fingerprint density at radius 1 is 0.862 bits per heavy atom. The number of benzene rings is 2. The fraction of sp³-hybridized carbons (Fsp3) is 0.192. The van der Waals surface area contributed by atoms with Crippen molar-refractivity contribution in [1.82, 2.24) is 9.97 Å². The first-order chi connectivity index (χ1) is 14.1. The molecule has 2 heterocycles. The number of fused-ring (bicyclic) bond motifs is 1. The Hall–Kier alpha value is -3.33. The van der Waals surface area contributed by atoms with Crippen molar-refractivity contribution in [2.45, 2.75) is 33.6 Å². The van der Waals surface area contributed by atoms with E-state index in [1.807, 2.05) is 19.9 Å². The van der Waals surface area contributed by atoms with Crippen molar-refractivity contribution in [2.24, 2.45) is 0 Å². The smallest absolute Gasteiger partial charge is 0.163 e. The van der Waals surface area contributed by atoms with Crippen LogP contribution in [-0.2, 0) is 0 Å². The maximum atomic E-state index is 12.9. The molecule has 0 spiro atoms. The predicted molar refractivity (Wildman–Crippen MR) is 119 cm³/mol. The number of carbonyl (C=O) groups is 1. The van der Waals surface area contributed by atoms with Crippen LogP contribution in [0.2, 0.25) is 0 Å². The Bertz CT molecular complexity index is 1180. The lowest BCUT2D eigenvalue weighted by Gasteiger charge is -2.14. The molecule has 2 aromatic carbocycles. The van der Waals surface area contributed by atoms with Crippen molar-refractivity contribution in [2.75, 3.05) is 0 Å². The number of carbonyl (C=O) groups excluding carboxylic acids is 1. The minimum absolute atomic E-state index is 0.155. The van der Waals surface area contributed by atoms with E-state index in [0.29, 0.717) is 6.42 Å². The lowest BCUT2D eigenvalue weighted by atomic mass is 9.93. The Kier molecular flexibility index (Phi) is 5.22. The van der Waals surface area contributed by atoms with Gasteiger partial charge in [-0.1, -0.05) is 61.0 Å². The van der Waals surface area contributed by atoms with E-state index >= 15 is 0 Å². The first-order valence-electron chi connectivity index (χ1n) is 10.0. The summed E-state index contributed by atoms with van der Waals surface area (Å²) in [5.41, 5.74) is 7.97. The Balaban J connectivity index is 1.82. The van der Waals surface area contributed by atoms with Gasteiger partial charge < -0.3 is 0 Å². The van der Waals surface area contributed by atoms with Crippen LogP contribution in [0.15, 0.2) is 67.0 Å². The lowest BCUT2D eigenvalue weighted by molar-refractivity contribution is 0.0982. The fourth-order valence-electron chi connectivity index (χ4n) is 3.76. The number of nitrogens with zero attached hydrogens (tertiary/aromatic N) is 2. The number of ketones is 1. The molecule has 0 aliphatic heterocycles. The highest BCUT2D eigenvalue weighted by Crippen LogP contribution is 2.31. The van der Waals surface area contributed by atoms with Gasteiger partial charge in [0.2, 0.25) is 0 Å². The van der Waals surface area contributed by atoms with Crippen LogP contribution >= 0.6 is 0 Å².